The van der Waals surface area contributed by atoms with Crippen LogP contribution in [-0.4, -0.2) is 12.1 Å². The van der Waals surface area contributed by atoms with Crippen molar-refractivity contribution in [1.29, 1.82) is 5.26 Å². The molecule has 0 saturated heterocycles. The summed E-state index contributed by atoms with van der Waals surface area (Å²) in [5.74, 6) is 1.28. The topological polar surface area (TPSA) is 55.1 Å². The fraction of sp³-hybridized carbons (Fsp3) is 0.0833. The monoisotopic (exact) mass is 430 g/mol. The highest BCUT2D eigenvalue weighted by atomic mass is 32.1. The number of nitrogens with zero attached hydrogens (tertiary/aromatic N) is 2. The highest BCUT2D eigenvalue weighted by Gasteiger charge is 2.11. The average molecular weight is 431 g/mol. The highest BCUT2D eigenvalue weighted by molar-refractivity contribution is 7.14. The molecule has 148 valence electrons. The molecule has 0 aliphatic heterocycles. The summed E-state index contributed by atoms with van der Waals surface area (Å²) in [6.45, 7) is 0.459. The summed E-state index contributed by atoms with van der Waals surface area (Å²) in [6.07, 6.45) is 1.82. The quantitative estimate of drug-likeness (QED) is 0.313. The van der Waals surface area contributed by atoms with E-state index >= 15 is 0 Å². The molecule has 0 radical (unpaired) electrons. The van der Waals surface area contributed by atoms with E-state index in [1.54, 1.807) is 18.4 Å². The number of hydrogen-bond acceptors (Lipinski definition) is 6. The van der Waals surface area contributed by atoms with E-state index in [4.69, 9.17) is 9.47 Å². The lowest BCUT2D eigenvalue weighted by Gasteiger charge is -2.11. The molecule has 0 unspecified atom stereocenters. The molecule has 0 aliphatic carbocycles. The number of rotatable bonds is 7. The molecule has 0 amide bonds. The van der Waals surface area contributed by atoms with Crippen molar-refractivity contribution in [2.45, 2.75) is 6.61 Å². The van der Waals surface area contributed by atoms with E-state index in [0.29, 0.717) is 28.7 Å². The normalized spacial score (nSPS) is 11.1. The molecule has 0 fully saturated rings. The fourth-order valence-electron chi connectivity index (χ4n) is 2.87. The Bertz CT molecular complexity index is 1190. The van der Waals surface area contributed by atoms with Crippen LogP contribution in [0.5, 0.6) is 11.5 Å². The van der Waals surface area contributed by atoms with Crippen LogP contribution in [-0.2, 0) is 6.61 Å². The molecule has 0 aliphatic rings. The summed E-state index contributed by atoms with van der Waals surface area (Å²) in [4.78, 5) is 5.72. The van der Waals surface area contributed by atoms with E-state index in [-0.39, 0.29) is 0 Å². The number of thiophene rings is 1. The lowest BCUT2D eigenvalue weighted by molar-refractivity contribution is 0.284. The van der Waals surface area contributed by atoms with E-state index in [9.17, 15) is 5.26 Å². The van der Waals surface area contributed by atoms with Crippen LogP contribution in [0.25, 0.3) is 22.2 Å². The van der Waals surface area contributed by atoms with Crippen molar-refractivity contribution in [3.8, 4) is 28.1 Å². The number of nitriles is 1. The molecular weight excluding hydrogens is 412 g/mol. The summed E-state index contributed by atoms with van der Waals surface area (Å²) < 4.78 is 11.4. The Balaban J connectivity index is 1.55. The van der Waals surface area contributed by atoms with E-state index in [0.717, 1.165) is 21.7 Å². The summed E-state index contributed by atoms with van der Waals surface area (Å²) >= 11 is 3.10. The molecule has 30 heavy (non-hydrogen) atoms. The number of ether oxygens (including phenoxy) is 2. The first kappa shape index (κ1) is 19.9. The van der Waals surface area contributed by atoms with Crippen molar-refractivity contribution in [3.05, 3.63) is 87.6 Å². The van der Waals surface area contributed by atoms with Gasteiger partial charge in [-0.1, -0.05) is 42.5 Å². The first-order valence-electron chi connectivity index (χ1n) is 9.23. The molecule has 2 aromatic heterocycles. The lowest BCUT2D eigenvalue weighted by Crippen LogP contribution is -1.97. The zero-order valence-corrected chi connectivity index (χ0v) is 17.9. The Morgan fingerprint density at radius 2 is 1.93 bits per heavy atom. The summed E-state index contributed by atoms with van der Waals surface area (Å²) in [7, 11) is 1.61. The van der Waals surface area contributed by atoms with Crippen LogP contribution < -0.4 is 9.47 Å². The third-order valence-corrected chi connectivity index (χ3v) is 6.13. The Morgan fingerprint density at radius 1 is 1.07 bits per heavy atom. The minimum atomic E-state index is 0.459. The van der Waals surface area contributed by atoms with Gasteiger partial charge < -0.3 is 9.47 Å². The maximum atomic E-state index is 9.67. The number of hydrogen-bond donors (Lipinski definition) is 0. The molecule has 4 rings (SSSR count). The van der Waals surface area contributed by atoms with Gasteiger partial charge in [-0.2, -0.15) is 5.26 Å². The lowest BCUT2D eigenvalue weighted by atomic mass is 10.1. The van der Waals surface area contributed by atoms with Crippen LogP contribution in [0.2, 0.25) is 0 Å². The number of thiazole rings is 1. The van der Waals surface area contributed by atoms with Gasteiger partial charge in [-0.3, -0.25) is 0 Å². The van der Waals surface area contributed by atoms with E-state index < -0.39 is 0 Å². The zero-order chi connectivity index (χ0) is 20.8. The molecule has 0 atom stereocenters. The largest absolute Gasteiger partial charge is 0.493 e. The minimum Gasteiger partial charge on any atom is -0.493 e. The Morgan fingerprint density at radius 3 is 2.67 bits per heavy atom. The Kier molecular flexibility index (Phi) is 6.23. The van der Waals surface area contributed by atoms with Gasteiger partial charge in [-0.15, -0.1) is 22.7 Å². The van der Waals surface area contributed by atoms with Gasteiger partial charge in [-0.05, 0) is 40.8 Å². The van der Waals surface area contributed by atoms with Crippen LogP contribution in [0.15, 0.2) is 71.4 Å². The zero-order valence-electron chi connectivity index (χ0n) is 16.2. The fourth-order valence-corrected chi connectivity index (χ4v) is 4.42. The third-order valence-electron chi connectivity index (χ3n) is 4.36. The molecule has 0 saturated carbocycles. The standard InChI is InChI=1S/C24H18N2O2S2/c1-27-22-13-18(9-10-21(22)28-15-17-6-3-2-4-7-17)12-19(14-25)24-26-20(16-30-24)23-8-5-11-29-23/h2-13,16H,15H2,1H3. The van der Waals surface area contributed by atoms with Crippen LogP contribution >= 0.6 is 22.7 Å². The van der Waals surface area contributed by atoms with Crippen molar-refractivity contribution in [1.82, 2.24) is 4.98 Å². The molecule has 0 bridgehead atoms. The average Bonchev–Trinajstić information content (AvgIpc) is 3.49. The van der Waals surface area contributed by atoms with Gasteiger partial charge in [-0.25, -0.2) is 4.98 Å². The summed E-state index contributed by atoms with van der Waals surface area (Å²) in [5, 5.41) is 14.4. The van der Waals surface area contributed by atoms with Gasteiger partial charge in [0, 0.05) is 5.38 Å². The molecular formula is C24H18N2O2S2. The van der Waals surface area contributed by atoms with Gasteiger partial charge in [0.1, 0.15) is 17.7 Å². The van der Waals surface area contributed by atoms with Gasteiger partial charge in [0.15, 0.2) is 11.5 Å². The second-order valence-electron chi connectivity index (χ2n) is 6.37. The molecule has 0 spiro atoms. The second-order valence-corrected chi connectivity index (χ2v) is 8.18. The number of benzene rings is 2. The third kappa shape index (κ3) is 4.60. The highest BCUT2D eigenvalue weighted by Crippen LogP contribution is 2.32. The Hall–Kier alpha value is -3.40. The molecule has 4 nitrogen and oxygen atoms in total. The van der Waals surface area contributed by atoms with E-state index in [1.165, 1.54) is 11.3 Å². The Labute approximate surface area is 183 Å². The van der Waals surface area contributed by atoms with Crippen molar-refractivity contribution in [2.75, 3.05) is 7.11 Å². The molecule has 2 heterocycles. The summed E-state index contributed by atoms with van der Waals surface area (Å²) in [5.41, 5.74) is 3.35. The van der Waals surface area contributed by atoms with Crippen LogP contribution in [0.1, 0.15) is 16.1 Å². The molecule has 2 aromatic carbocycles. The van der Waals surface area contributed by atoms with Crippen molar-refractivity contribution in [2.24, 2.45) is 0 Å². The maximum Gasteiger partial charge on any atom is 0.161 e. The van der Waals surface area contributed by atoms with Gasteiger partial charge in [0.05, 0.1) is 23.3 Å². The second kappa shape index (κ2) is 9.40. The summed E-state index contributed by atoms with van der Waals surface area (Å²) in [6, 6.07) is 21.9. The number of aromatic nitrogens is 1. The van der Waals surface area contributed by atoms with Crippen molar-refractivity contribution < 1.29 is 9.47 Å². The van der Waals surface area contributed by atoms with Crippen LogP contribution in [0, 0.1) is 11.3 Å². The van der Waals surface area contributed by atoms with E-state index in [2.05, 4.69) is 11.1 Å². The smallest absolute Gasteiger partial charge is 0.161 e. The van der Waals surface area contributed by atoms with Crippen molar-refractivity contribution >= 4 is 34.3 Å². The first-order chi connectivity index (χ1) is 14.8. The molecule has 6 heteroatoms. The molecule has 4 aromatic rings. The maximum absolute atomic E-state index is 9.67. The number of allylic oxidation sites excluding steroid dienone is 1. The predicted molar refractivity (Wildman–Crippen MR) is 123 cm³/mol. The van der Waals surface area contributed by atoms with Crippen LogP contribution in [0.3, 0.4) is 0 Å². The SMILES string of the molecule is COc1cc(C=C(C#N)c2nc(-c3cccs3)cs2)ccc1OCc1ccccc1. The van der Waals surface area contributed by atoms with Crippen LogP contribution in [0.4, 0.5) is 0 Å². The van der Waals surface area contributed by atoms with Crippen molar-refractivity contribution in [3.63, 3.8) is 0 Å². The van der Waals surface area contributed by atoms with Gasteiger partial charge >= 0.3 is 0 Å². The van der Waals surface area contributed by atoms with Gasteiger partial charge in [0.2, 0.25) is 0 Å². The molecule has 0 N–H and O–H groups in total. The number of methoxy groups -OCH3 is 1. The first-order valence-corrected chi connectivity index (χ1v) is 11.0. The predicted octanol–water partition coefficient (Wildman–Crippen LogP) is 6.52. The van der Waals surface area contributed by atoms with Gasteiger partial charge in [0.25, 0.3) is 0 Å². The van der Waals surface area contributed by atoms with E-state index in [1.807, 2.05) is 77.5 Å². The minimum absolute atomic E-state index is 0.459.